The van der Waals surface area contributed by atoms with Crippen LogP contribution >= 0.6 is 0 Å². The van der Waals surface area contributed by atoms with Crippen LogP contribution in [0.5, 0.6) is 0 Å². The van der Waals surface area contributed by atoms with Gasteiger partial charge in [-0.3, -0.25) is 9.79 Å². The fourth-order valence-corrected chi connectivity index (χ4v) is 3.11. The van der Waals surface area contributed by atoms with Gasteiger partial charge in [0, 0.05) is 31.0 Å². The van der Waals surface area contributed by atoms with Gasteiger partial charge in [-0.2, -0.15) is 0 Å². The van der Waals surface area contributed by atoms with Gasteiger partial charge in [-0.25, -0.2) is 4.39 Å². The molecule has 0 aromatic heterocycles. The number of amides is 1. The number of nitrogens with one attached hydrogen (secondary N) is 3. The lowest BCUT2D eigenvalue weighted by molar-refractivity contribution is -0.122. The Balaban J connectivity index is 1.64. The molecule has 1 aliphatic carbocycles. The molecule has 1 heterocycles. The highest BCUT2D eigenvalue weighted by atomic mass is 19.1. The number of piperidine rings is 1. The average molecular weight is 332 g/mol. The topological polar surface area (TPSA) is 65.5 Å². The van der Waals surface area contributed by atoms with E-state index in [0.717, 1.165) is 37.3 Å². The third-order valence-electron chi connectivity index (χ3n) is 4.78. The molecule has 5 nitrogen and oxygen atoms in total. The van der Waals surface area contributed by atoms with E-state index in [9.17, 15) is 9.18 Å². The van der Waals surface area contributed by atoms with Crippen LogP contribution in [0.3, 0.4) is 0 Å². The maximum Gasteiger partial charge on any atom is 0.220 e. The fourth-order valence-electron chi connectivity index (χ4n) is 3.11. The Morgan fingerprint density at radius 3 is 2.92 bits per heavy atom. The highest BCUT2D eigenvalue weighted by Crippen LogP contribution is 2.48. The highest BCUT2D eigenvalue weighted by molar-refractivity contribution is 5.81. The molecule has 1 aliphatic heterocycles. The zero-order valence-electron chi connectivity index (χ0n) is 14.1. The van der Waals surface area contributed by atoms with Gasteiger partial charge in [-0.15, -0.1) is 0 Å². The molecule has 1 aromatic carbocycles. The van der Waals surface area contributed by atoms with Crippen molar-refractivity contribution in [2.24, 2.45) is 4.99 Å². The smallest absolute Gasteiger partial charge is 0.220 e. The van der Waals surface area contributed by atoms with E-state index < -0.39 is 0 Å². The van der Waals surface area contributed by atoms with Crippen LogP contribution in [-0.2, 0) is 10.2 Å². The van der Waals surface area contributed by atoms with Gasteiger partial charge < -0.3 is 16.0 Å². The van der Waals surface area contributed by atoms with E-state index in [-0.39, 0.29) is 23.2 Å². The molecular formula is C18H25FN4O. The SMILES string of the molecule is CCNC(=NCC1(c2cccc(F)c2)CC1)NC1CCC(=O)NC1. The van der Waals surface area contributed by atoms with Gasteiger partial charge >= 0.3 is 0 Å². The molecule has 0 bridgehead atoms. The number of benzene rings is 1. The van der Waals surface area contributed by atoms with Crippen molar-refractivity contribution in [2.45, 2.75) is 44.1 Å². The number of nitrogens with zero attached hydrogens (tertiary/aromatic N) is 1. The summed E-state index contributed by atoms with van der Waals surface area (Å²) >= 11 is 0. The molecule has 3 N–H and O–H groups in total. The number of aliphatic imine (C=N–C) groups is 1. The molecule has 2 aliphatic rings. The Morgan fingerprint density at radius 1 is 1.46 bits per heavy atom. The van der Waals surface area contributed by atoms with E-state index in [4.69, 9.17) is 4.99 Å². The molecule has 1 unspecified atom stereocenters. The summed E-state index contributed by atoms with van der Waals surface area (Å²) in [4.78, 5) is 16.0. The molecule has 1 saturated heterocycles. The second-order valence-electron chi connectivity index (χ2n) is 6.67. The largest absolute Gasteiger partial charge is 0.357 e. The predicted molar refractivity (Wildman–Crippen MR) is 92.5 cm³/mol. The molecule has 1 atom stereocenters. The van der Waals surface area contributed by atoms with Crippen molar-refractivity contribution in [3.63, 3.8) is 0 Å². The first kappa shape index (κ1) is 16.7. The molecule has 1 saturated carbocycles. The molecule has 2 fully saturated rings. The van der Waals surface area contributed by atoms with Gasteiger partial charge in [-0.05, 0) is 43.9 Å². The van der Waals surface area contributed by atoms with Gasteiger partial charge in [0.2, 0.25) is 5.91 Å². The van der Waals surface area contributed by atoms with Crippen LogP contribution in [0.1, 0.15) is 38.2 Å². The van der Waals surface area contributed by atoms with Crippen molar-refractivity contribution in [3.05, 3.63) is 35.6 Å². The van der Waals surface area contributed by atoms with Crippen molar-refractivity contribution in [1.82, 2.24) is 16.0 Å². The number of hydrogen-bond donors (Lipinski definition) is 3. The summed E-state index contributed by atoms with van der Waals surface area (Å²) in [6.07, 6.45) is 3.44. The Hall–Kier alpha value is -2.11. The van der Waals surface area contributed by atoms with Crippen molar-refractivity contribution in [3.8, 4) is 0 Å². The molecule has 1 amide bonds. The van der Waals surface area contributed by atoms with Crippen molar-refractivity contribution < 1.29 is 9.18 Å². The monoisotopic (exact) mass is 332 g/mol. The van der Waals surface area contributed by atoms with Crippen LogP contribution < -0.4 is 16.0 Å². The van der Waals surface area contributed by atoms with E-state index in [1.807, 2.05) is 13.0 Å². The predicted octanol–water partition coefficient (Wildman–Crippen LogP) is 1.69. The fraction of sp³-hybridized carbons (Fsp3) is 0.556. The molecule has 1 aromatic rings. The van der Waals surface area contributed by atoms with Gasteiger partial charge in [0.15, 0.2) is 5.96 Å². The molecule has 0 spiro atoms. The molecule has 130 valence electrons. The normalized spacial score (nSPS) is 22.7. The number of carbonyl (C=O) groups is 1. The lowest BCUT2D eigenvalue weighted by Crippen LogP contribution is -2.51. The van der Waals surface area contributed by atoms with Crippen molar-refractivity contribution >= 4 is 11.9 Å². The molecule has 24 heavy (non-hydrogen) atoms. The molecule has 6 heteroatoms. The Bertz CT molecular complexity index is 617. The molecular weight excluding hydrogens is 307 g/mol. The maximum absolute atomic E-state index is 13.5. The van der Waals surface area contributed by atoms with E-state index >= 15 is 0 Å². The lowest BCUT2D eigenvalue weighted by atomic mass is 9.96. The quantitative estimate of drug-likeness (QED) is 0.568. The third kappa shape index (κ3) is 4.04. The van der Waals surface area contributed by atoms with Gasteiger partial charge in [0.05, 0.1) is 6.54 Å². The number of hydrogen-bond acceptors (Lipinski definition) is 2. The summed E-state index contributed by atoms with van der Waals surface area (Å²) in [6.45, 7) is 4.07. The minimum atomic E-state index is -0.189. The van der Waals surface area contributed by atoms with Crippen molar-refractivity contribution in [2.75, 3.05) is 19.6 Å². The van der Waals surface area contributed by atoms with Crippen LogP contribution in [0.2, 0.25) is 0 Å². The van der Waals surface area contributed by atoms with Gasteiger partial charge in [0.25, 0.3) is 0 Å². The molecule has 3 rings (SSSR count). The van der Waals surface area contributed by atoms with Crippen LogP contribution in [-0.4, -0.2) is 37.5 Å². The maximum atomic E-state index is 13.5. The zero-order valence-corrected chi connectivity index (χ0v) is 14.1. The van der Waals surface area contributed by atoms with Crippen LogP contribution in [0.4, 0.5) is 4.39 Å². The summed E-state index contributed by atoms with van der Waals surface area (Å²) in [5, 5.41) is 9.52. The first-order valence-electron chi connectivity index (χ1n) is 8.69. The third-order valence-corrected chi connectivity index (χ3v) is 4.78. The van der Waals surface area contributed by atoms with E-state index in [1.54, 1.807) is 12.1 Å². The van der Waals surface area contributed by atoms with E-state index in [2.05, 4.69) is 16.0 Å². The van der Waals surface area contributed by atoms with E-state index in [0.29, 0.717) is 19.5 Å². The molecule has 0 radical (unpaired) electrons. The summed E-state index contributed by atoms with van der Waals surface area (Å²) in [6, 6.07) is 7.06. The van der Waals surface area contributed by atoms with Crippen LogP contribution in [0.25, 0.3) is 0 Å². The number of guanidine groups is 1. The van der Waals surface area contributed by atoms with Gasteiger partial charge in [0.1, 0.15) is 5.82 Å². The number of rotatable bonds is 5. The first-order chi connectivity index (χ1) is 11.6. The minimum Gasteiger partial charge on any atom is -0.357 e. The van der Waals surface area contributed by atoms with Crippen LogP contribution in [0.15, 0.2) is 29.3 Å². The Kier molecular flexibility index (Phi) is 5.02. The second-order valence-corrected chi connectivity index (χ2v) is 6.67. The summed E-state index contributed by atoms with van der Waals surface area (Å²) < 4.78 is 13.5. The number of halogens is 1. The van der Waals surface area contributed by atoms with Gasteiger partial charge in [-0.1, -0.05) is 12.1 Å². The zero-order chi connectivity index (χ0) is 17.0. The Morgan fingerprint density at radius 2 is 2.29 bits per heavy atom. The summed E-state index contributed by atoms with van der Waals surface area (Å²) in [5.41, 5.74) is 1.01. The summed E-state index contributed by atoms with van der Waals surface area (Å²) in [5.74, 6) is 0.685. The average Bonchev–Trinajstić information content (AvgIpc) is 3.36. The highest BCUT2D eigenvalue weighted by Gasteiger charge is 2.44. The summed E-state index contributed by atoms with van der Waals surface area (Å²) in [7, 11) is 0. The lowest BCUT2D eigenvalue weighted by Gasteiger charge is -2.25. The second kappa shape index (κ2) is 7.20. The van der Waals surface area contributed by atoms with E-state index in [1.165, 1.54) is 6.07 Å². The number of carbonyl (C=O) groups excluding carboxylic acids is 1. The minimum absolute atomic E-state index is 0.0226. The standard InChI is InChI=1S/C18H25FN4O/c1-2-20-17(23-15-6-7-16(24)21-11-15)22-12-18(8-9-18)13-4-3-5-14(19)10-13/h3-5,10,15H,2,6-9,11-12H2,1H3,(H,21,24)(H2,20,22,23). The van der Waals surface area contributed by atoms with Crippen LogP contribution in [0, 0.1) is 5.82 Å². The Labute approximate surface area is 142 Å². The van der Waals surface area contributed by atoms with Crippen molar-refractivity contribution in [1.29, 1.82) is 0 Å². The first-order valence-corrected chi connectivity index (χ1v) is 8.69.